The summed E-state index contributed by atoms with van der Waals surface area (Å²) in [5.41, 5.74) is 1.89. The normalized spacial score (nSPS) is 12.1. The molecule has 172 valence electrons. The maximum atomic E-state index is 14.0. The summed E-state index contributed by atoms with van der Waals surface area (Å²) in [5, 5.41) is 12.1. The van der Waals surface area contributed by atoms with Gasteiger partial charge in [0.15, 0.2) is 22.5 Å². The number of fused-ring (bicyclic) bond motifs is 1. The Morgan fingerprint density at radius 1 is 1.06 bits per heavy atom. The Balaban J connectivity index is 1.38. The summed E-state index contributed by atoms with van der Waals surface area (Å²) in [7, 11) is 0. The van der Waals surface area contributed by atoms with Crippen molar-refractivity contribution in [1.82, 2.24) is 14.8 Å². The molecule has 0 fully saturated rings. The van der Waals surface area contributed by atoms with Crippen LogP contribution in [0.15, 0.2) is 71.9 Å². The zero-order chi connectivity index (χ0) is 23.5. The van der Waals surface area contributed by atoms with Crippen LogP contribution in [0.4, 0.5) is 10.1 Å². The number of rotatable bonds is 7. The summed E-state index contributed by atoms with van der Waals surface area (Å²) in [6.07, 6.45) is 0. The van der Waals surface area contributed by atoms with Crippen LogP contribution in [0.2, 0.25) is 5.02 Å². The number of ether oxygens (including phenoxy) is 2. The maximum Gasteiger partial charge on any atom is 0.234 e. The molecule has 0 bridgehead atoms. The molecule has 0 unspecified atom stereocenters. The van der Waals surface area contributed by atoms with E-state index >= 15 is 0 Å². The minimum absolute atomic E-state index is 0.0139. The van der Waals surface area contributed by atoms with E-state index in [-0.39, 0.29) is 24.1 Å². The summed E-state index contributed by atoms with van der Waals surface area (Å²) < 4.78 is 26.8. The van der Waals surface area contributed by atoms with Crippen molar-refractivity contribution in [3.63, 3.8) is 0 Å². The number of aromatic nitrogens is 3. The zero-order valence-corrected chi connectivity index (χ0v) is 19.3. The summed E-state index contributed by atoms with van der Waals surface area (Å²) in [6.45, 7) is 0.658. The molecule has 5 rings (SSSR count). The molecule has 1 aromatic heterocycles. The minimum Gasteiger partial charge on any atom is -0.454 e. The number of hydrogen-bond acceptors (Lipinski definition) is 6. The first-order chi connectivity index (χ1) is 16.6. The van der Waals surface area contributed by atoms with Crippen LogP contribution in [0.3, 0.4) is 0 Å². The van der Waals surface area contributed by atoms with Gasteiger partial charge in [0, 0.05) is 10.6 Å². The van der Waals surface area contributed by atoms with E-state index in [0.717, 1.165) is 11.1 Å². The van der Waals surface area contributed by atoms with Gasteiger partial charge in [-0.1, -0.05) is 59.8 Å². The molecule has 0 spiro atoms. The number of anilines is 1. The fourth-order valence-corrected chi connectivity index (χ4v) is 4.38. The van der Waals surface area contributed by atoms with Crippen LogP contribution < -0.4 is 14.8 Å². The average molecular weight is 497 g/mol. The third-order valence-corrected chi connectivity index (χ3v) is 6.26. The van der Waals surface area contributed by atoms with Crippen molar-refractivity contribution in [1.29, 1.82) is 0 Å². The Bertz CT molecular complexity index is 1350. The second kappa shape index (κ2) is 9.74. The van der Waals surface area contributed by atoms with Crippen molar-refractivity contribution >= 4 is 35.0 Å². The van der Waals surface area contributed by atoms with Crippen molar-refractivity contribution in [2.75, 3.05) is 17.9 Å². The lowest BCUT2D eigenvalue weighted by atomic mass is 10.2. The molecule has 0 aliphatic carbocycles. The van der Waals surface area contributed by atoms with Crippen molar-refractivity contribution in [2.45, 2.75) is 11.7 Å². The number of nitrogens with zero attached hydrogens (tertiary/aromatic N) is 3. The first kappa shape index (κ1) is 22.2. The van der Waals surface area contributed by atoms with Gasteiger partial charge in [-0.2, -0.15) is 0 Å². The Morgan fingerprint density at radius 2 is 1.88 bits per heavy atom. The molecular weight excluding hydrogens is 479 g/mol. The highest BCUT2D eigenvalue weighted by Gasteiger charge is 2.19. The van der Waals surface area contributed by atoms with Gasteiger partial charge >= 0.3 is 0 Å². The largest absolute Gasteiger partial charge is 0.454 e. The van der Waals surface area contributed by atoms with Gasteiger partial charge in [0.25, 0.3) is 0 Å². The molecule has 7 nitrogen and oxygen atoms in total. The highest BCUT2D eigenvalue weighted by molar-refractivity contribution is 7.99. The van der Waals surface area contributed by atoms with Gasteiger partial charge < -0.3 is 14.8 Å². The fourth-order valence-electron chi connectivity index (χ4n) is 3.47. The van der Waals surface area contributed by atoms with E-state index in [1.165, 1.54) is 30.0 Å². The first-order valence-corrected chi connectivity index (χ1v) is 11.7. The van der Waals surface area contributed by atoms with Crippen LogP contribution in [0.25, 0.3) is 11.4 Å². The number of benzene rings is 3. The molecule has 1 N–H and O–H groups in total. The number of carbonyl (C=O) groups is 1. The van der Waals surface area contributed by atoms with Crippen LogP contribution in [0, 0.1) is 5.82 Å². The average Bonchev–Trinajstić information content (AvgIpc) is 3.47. The number of carbonyl (C=O) groups excluding carboxylic acids is 1. The standard InChI is InChI=1S/C24H18ClFN4O3S/c25-17-7-8-18(26)19(11-17)27-22(31)13-34-24-29-28-23(16-4-2-1-3-5-16)30(24)12-15-6-9-20-21(10-15)33-14-32-20/h1-11H,12-14H2,(H,27,31). The highest BCUT2D eigenvalue weighted by Crippen LogP contribution is 2.34. The molecule has 0 atom stereocenters. The van der Waals surface area contributed by atoms with Crippen LogP contribution in [-0.2, 0) is 11.3 Å². The summed E-state index contributed by atoms with van der Waals surface area (Å²) in [5.74, 6) is 1.13. The molecule has 1 amide bonds. The third kappa shape index (κ3) is 4.85. The lowest BCUT2D eigenvalue weighted by Gasteiger charge is -2.11. The quantitative estimate of drug-likeness (QED) is 0.352. The monoisotopic (exact) mass is 496 g/mol. The summed E-state index contributed by atoms with van der Waals surface area (Å²) >= 11 is 7.12. The third-order valence-electron chi connectivity index (χ3n) is 5.06. The topological polar surface area (TPSA) is 78.3 Å². The summed E-state index contributed by atoms with van der Waals surface area (Å²) in [6, 6.07) is 19.4. The summed E-state index contributed by atoms with van der Waals surface area (Å²) in [4.78, 5) is 12.5. The molecule has 1 aliphatic heterocycles. The molecule has 0 radical (unpaired) electrons. The van der Waals surface area contributed by atoms with Gasteiger partial charge in [-0.3, -0.25) is 9.36 Å². The van der Waals surface area contributed by atoms with Crippen LogP contribution in [0.5, 0.6) is 11.5 Å². The Kier molecular flexibility index (Phi) is 6.37. The van der Waals surface area contributed by atoms with E-state index in [2.05, 4.69) is 15.5 Å². The van der Waals surface area contributed by atoms with E-state index < -0.39 is 5.82 Å². The number of amides is 1. The molecular formula is C24H18ClFN4O3S. The van der Waals surface area contributed by atoms with E-state index in [4.69, 9.17) is 21.1 Å². The fraction of sp³-hybridized carbons (Fsp3) is 0.125. The van der Waals surface area contributed by atoms with Gasteiger partial charge in [0.1, 0.15) is 5.82 Å². The van der Waals surface area contributed by atoms with Gasteiger partial charge in [0.2, 0.25) is 12.7 Å². The van der Waals surface area contributed by atoms with E-state index in [0.29, 0.717) is 34.0 Å². The molecule has 2 heterocycles. The predicted molar refractivity (Wildman–Crippen MR) is 128 cm³/mol. The molecule has 10 heteroatoms. The van der Waals surface area contributed by atoms with Gasteiger partial charge in [-0.05, 0) is 35.9 Å². The molecule has 3 aromatic carbocycles. The molecule has 1 aliphatic rings. The minimum atomic E-state index is -0.555. The van der Waals surface area contributed by atoms with Gasteiger partial charge in [-0.25, -0.2) is 4.39 Å². The molecule has 0 saturated heterocycles. The highest BCUT2D eigenvalue weighted by atomic mass is 35.5. The predicted octanol–water partition coefficient (Wildman–Crippen LogP) is 5.25. The van der Waals surface area contributed by atoms with Gasteiger partial charge in [0.05, 0.1) is 18.0 Å². The Morgan fingerprint density at radius 3 is 2.74 bits per heavy atom. The van der Waals surface area contributed by atoms with Crippen LogP contribution >= 0.6 is 23.4 Å². The van der Waals surface area contributed by atoms with E-state index in [1.807, 2.05) is 53.1 Å². The number of thioether (sulfide) groups is 1. The van der Waals surface area contributed by atoms with Crippen LogP contribution in [0.1, 0.15) is 5.56 Å². The molecule has 4 aromatic rings. The van der Waals surface area contributed by atoms with E-state index in [1.54, 1.807) is 0 Å². The number of nitrogens with one attached hydrogen (secondary N) is 1. The Hall–Kier alpha value is -3.56. The lowest BCUT2D eigenvalue weighted by molar-refractivity contribution is -0.113. The smallest absolute Gasteiger partial charge is 0.234 e. The second-order valence-corrected chi connectivity index (χ2v) is 8.79. The molecule has 34 heavy (non-hydrogen) atoms. The van der Waals surface area contributed by atoms with Crippen LogP contribution in [-0.4, -0.2) is 33.2 Å². The van der Waals surface area contributed by atoms with Crippen molar-refractivity contribution in [3.8, 4) is 22.9 Å². The number of halogens is 2. The van der Waals surface area contributed by atoms with Gasteiger partial charge in [-0.15, -0.1) is 10.2 Å². The van der Waals surface area contributed by atoms with E-state index in [9.17, 15) is 9.18 Å². The SMILES string of the molecule is O=C(CSc1nnc(-c2ccccc2)n1Cc1ccc2c(c1)OCO2)Nc1cc(Cl)ccc1F. The number of hydrogen-bond donors (Lipinski definition) is 1. The first-order valence-electron chi connectivity index (χ1n) is 10.3. The lowest BCUT2D eigenvalue weighted by Crippen LogP contribution is -2.15. The second-order valence-electron chi connectivity index (χ2n) is 7.41. The van der Waals surface area contributed by atoms with Crippen molar-refractivity contribution in [3.05, 3.63) is 83.1 Å². The maximum absolute atomic E-state index is 14.0. The Labute approximate surface area is 203 Å². The van der Waals surface area contributed by atoms with Crippen molar-refractivity contribution < 1.29 is 18.7 Å². The molecule has 0 saturated carbocycles. The van der Waals surface area contributed by atoms with Crippen molar-refractivity contribution in [2.24, 2.45) is 0 Å². The zero-order valence-electron chi connectivity index (χ0n) is 17.7.